The minimum Gasteiger partial charge on any atom is -0.207 e. The van der Waals surface area contributed by atoms with E-state index in [1.165, 1.54) is 0 Å². The van der Waals surface area contributed by atoms with Crippen LogP contribution in [0.1, 0.15) is 30.0 Å². The number of benzene rings is 2. The first-order valence-corrected chi connectivity index (χ1v) is 9.14. The van der Waals surface area contributed by atoms with Crippen molar-refractivity contribution >= 4 is 21.6 Å². The van der Waals surface area contributed by atoms with Gasteiger partial charge in [-0.05, 0) is 49.6 Å². The van der Waals surface area contributed by atoms with E-state index >= 15 is 0 Å². The Kier molecular flexibility index (Phi) is 4.26. The van der Waals surface area contributed by atoms with Gasteiger partial charge in [-0.2, -0.15) is 4.31 Å². The van der Waals surface area contributed by atoms with Crippen LogP contribution < -0.4 is 0 Å². The molecule has 0 radical (unpaired) electrons. The molecule has 1 atom stereocenters. The smallest absolute Gasteiger partial charge is 0.207 e. The molecule has 0 amide bonds. The predicted molar refractivity (Wildman–Crippen MR) is 88.5 cm³/mol. The van der Waals surface area contributed by atoms with Crippen LogP contribution in [-0.2, 0) is 10.0 Å². The van der Waals surface area contributed by atoms with Crippen molar-refractivity contribution in [3.63, 3.8) is 0 Å². The normalized spacial score (nSPS) is 19.5. The molecule has 1 fully saturated rings. The summed E-state index contributed by atoms with van der Waals surface area (Å²) >= 11 is 5.92. The Morgan fingerprint density at radius 2 is 1.68 bits per heavy atom. The van der Waals surface area contributed by atoms with Crippen molar-refractivity contribution in [3.05, 3.63) is 64.7 Å². The number of hydrogen-bond donors (Lipinski definition) is 0. The molecule has 0 bridgehead atoms. The first kappa shape index (κ1) is 15.5. The molecule has 116 valence electrons. The Morgan fingerprint density at radius 3 is 2.32 bits per heavy atom. The SMILES string of the molecule is Cc1ccc(S(=O)(=O)N2CCCC2c2ccc(Cl)cc2)cc1. The van der Waals surface area contributed by atoms with Gasteiger partial charge in [-0.3, -0.25) is 0 Å². The zero-order valence-corrected chi connectivity index (χ0v) is 13.9. The van der Waals surface area contributed by atoms with Crippen molar-refractivity contribution in [2.75, 3.05) is 6.54 Å². The largest absolute Gasteiger partial charge is 0.243 e. The molecular formula is C17H18ClNO2S. The zero-order valence-electron chi connectivity index (χ0n) is 12.4. The van der Waals surface area contributed by atoms with Crippen LogP contribution in [0.2, 0.25) is 5.02 Å². The lowest BCUT2D eigenvalue weighted by Crippen LogP contribution is -2.30. The highest BCUT2D eigenvalue weighted by Crippen LogP contribution is 2.36. The van der Waals surface area contributed by atoms with Crippen molar-refractivity contribution < 1.29 is 8.42 Å². The maximum atomic E-state index is 12.9. The molecule has 3 nitrogen and oxygen atoms in total. The lowest BCUT2D eigenvalue weighted by molar-refractivity contribution is 0.396. The van der Waals surface area contributed by atoms with E-state index < -0.39 is 10.0 Å². The summed E-state index contributed by atoms with van der Waals surface area (Å²) in [5, 5.41) is 0.662. The molecule has 0 aliphatic carbocycles. The van der Waals surface area contributed by atoms with Gasteiger partial charge in [-0.15, -0.1) is 0 Å². The third-order valence-electron chi connectivity index (χ3n) is 4.09. The second kappa shape index (κ2) is 6.03. The summed E-state index contributed by atoms with van der Waals surface area (Å²) in [4.78, 5) is 0.360. The van der Waals surface area contributed by atoms with E-state index in [1.54, 1.807) is 16.4 Å². The molecule has 1 heterocycles. The summed E-state index contributed by atoms with van der Waals surface area (Å²) in [6, 6.07) is 14.4. The quantitative estimate of drug-likeness (QED) is 0.844. The van der Waals surface area contributed by atoms with Gasteiger partial charge in [0.25, 0.3) is 0 Å². The minimum atomic E-state index is -3.46. The minimum absolute atomic E-state index is 0.108. The number of halogens is 1. The first-order valence-electron chi connectivity index (χ1n) is 7.32. The number of sulfonamides is 1. The van der Waals surface area contributed by atoms with Gasteiger partial charge in [-0.1, -0.05) is 41.4 Å². The molecule has 1 saturated heterocycles. The molecule has 1 aliphatic rings. The van der Waals surface area contributed by atoms with Gasteiger partial charge in [0.15, 0.2) is 0 Å². The van der Waals surface area contributed by atoms with Crippen LogP contribution >= 0.6 is 11.6 Å². The lowest BCUT2D eigenvalue weighted by Gasteiger charge is -2.24. The number of rotatable bonds is 3. The van der Waals surface area contributed by atoms with Gasteiger partial charge in [0.05, 0.1) is 10.9 Å². The van der Waals surface area contributed by atoms with E-state index in [9.17, 15) is 8.42 Å². The molecule has 1 aliphatic heterocycles. The van der Waals surface area contributed by atoms with E-state index in [-0.39, 0.29) is 6.04 Å². The topological polar surface area (TPSA) is 37.4 Å². The van der Waals surface area contributed by atoms with Gasteiger partial charge in [0, 0.05) is 11.6 Å². The predicted octanol–water partition coefficient (Wildman–Crippen LogP) is 4.17. The Morgan fingerprint density at radius 1 is 1.05 bits per heavy atom. The Labute approximate surface area is 136 Å². The van der Waals surface area contributed by atoms with Crippen LogP contribution in [0.5, 0.6) is 0 Å². The highest BCUT2D eigenvalue weighted by molar-refractivity contribution is 7.89. The molecule has 1 unspecified atom stereocenters. The van der Waals surface area contributed by atoms with Crippen LogP contribution in [0, 0.1) is 6.92 Å². The van der Waals surface area contributed by atoms with Crippen molar-refractivity contribution in [1.29, 1.82) is 0 Å². The van der Waals surface area contributed by atoms with E-state index in [0.717, 1.165) is 24.0 Å². The van der Waals surface area contributed by atoms with Crippen LogP contribution in [0.15, 0.2) is 53.4 Å². The summed E-state index contributed by atoms with van der Waals surface area (Å²) in [6.45, 7) is 2.51. The highest BCUT2D eigenvalue weighted by atomic mass is 35.5. The van der Waals surface area contributed by atoms with E-state index in [0.29, 0.717) is 16.5 Å². The molecule has 3 rings (SSSR count). The fraction of sp³-hybridized carbons (Fsp3) is 0.294. The van der Waals surface area contributed by atoms with Gasteiger partial charge in [-0.25, -0.2) is 8.42 Å². The molecule has 0 N–H and O–H groups in total. The van der Waals surface area contributed by atoms with Crippen LogP contribution in [0.25, 0.3) is 0 Å². The summed E-state index contributed by atoms with van der Waals surface area (Å²) in [6.07, 6.45) is 1.71. The zero-order chi connectivity index (χ0) is 15.7. The maximum absolute atomic E-state index is 12.9. The Bertz CT molecular complexity index is 754. The Balaban J connectivity index is 1.95. The van der Waals surface area contributed by atoms with E-state index in [2.05, 4.69) is 0 Å². The van der Waals surface area contributed by atoms with E-state index in [4.69, 9.17) is 11.6 Å². The average Bonchev–Trinajstić information content (AvgIpc) is 2.99. The first-order chi connectivity index (χ1) is 10.5. The van der Waals surface area contributed by atoms with Crippen LogP contribution in [-0.4, -0.2) is 19.3 Å². The van der Waals surface area contributed by atoms with Gasteiger partial charge < -0.3 is 0 Å². The Hall–Kier alpha value is -1.36. The number of nitrogens with zero attached hydrogens (tertiary/aromatic N) is 1. The molecule has 2 aromatic rings. The van der Waals surface area contributed by atoms with Crippen LogP contribution in [0.3, 0.4) is 0 Å². The molecule has 0 aromatic heterocycles. The second-order valence-electron chi connectivity index (χ2n) is 5.64. The van der Waals surface area contributed by atoms with Gasteiger partial charge in [0.2, 0.25) is 10.0 Å². The van der Waals surface area contributed by atoms with E-state index in [1.807, 2.05) is 43.3 Å². The molecule has 22 heavy (non-hydrogen) atoms. The molecule has 0 saturated carbocycles. The summed E-state index contributed by atoms with van der Waals surface area (Å²) in [5.41, 5.74) is 2.05. The maximum Gasteiger partial charge on any atom is 0.243 e. The second-order valence-corrected chi connectivity index (χ2v) is 7.97. The van der Waals surface area contributed by atoms with Gasteiger partial charge >= 0.3 is 0 Å². The van der Waals surface area contributed by atoms with Crippen molar-refractivity contribution in [1.82, 2.24) is 4.31 Å². The fourth-order valence-corrected chi connectivity index (χ4v) is 4.70. The standard InChI is InChI=1S/C17H18ClNO2S/c1-13-4-10-16(11-5-13)22(20,21)19-12-2-3-17(19)14-6-8-15(18)9-7-14/h4-11,17H,2-3,12H2,1H3. The van der Waals surface area contributed by atoms with Crippen molar-refractivity contribution in [2.24, 2.45) is 0 Å². The molecule has 2 aromatic carbocycles. The molecular weight excluding hydrogens is 318 g/mol. The lowest BCUT2D eigenvalue weighted by atomic mass is 10.1. The van der Waals surface area contributed by atoms with Crippen molar-refractivity contribution in [2.45, 2.75) is 30.7 Å². The van der Waals surface area contributed by atoms with Gasteiger partial charge in [0.1, 0.15) is 0 Å². The average molecular weight is 336 g/mol. The molecule has 0 spiro atoms. The summed E-state index contributed by atoms with van der Waals surface area (Å²) in [5.74, 6) is 0. The third kappa shape index (κ3) is 2.91. The third-order valence-corrected chi connectivity index (χ3v) is 6.26. The highest BCUT2D eigenvalue weighted by Gasteiger charge is 2.35. The fourth-order valence-electron chi connectivity index (χ4n) is 2.89. The van der Waals surface area contributed by atoms with Crippen LogP contribution in [0.4, 0.5) is 0 Å². The number of aryl methyl sites for hydroxylation is 1. The monoisotopic (exact) mass is 335 g/mol. The number of hydrogen-bond acceptors (Lipinski definition) is 2. The summed E-state index contributed by atoms with van der Waals surface area (Å²) in [7, 11) is -3.46. The molecule has 5 heteroatoms. The summed E-state index contributed by atoms with van der Waals surface area (Å²) < 4.78 is 27.4. The van der Waals surface area contributed by atoms with Crippen molar-refractivity contribution in [3.8, 4) is 0 Å².